The van der Waals surface area contributed by atoms with Crippen molar-refractivity contribution in [3.63, 3.8) is 0 Å². The number of benzene rings is 1. The van der Waals surface area contributed by atoms with Gasteiger partial charge >= 0.3 is 5.97 Å². The second-order valence-corrected chi connectivity index (χ2v) is 5.17. The number of carbonyl (C=O) groups is 2. The van der Waals surface area contributed by atoms with Crippen LogP contribution >= 0.6 is 11.6 Å². The van der Waals surface area contributed by atoms with Crippen LogP contribution in [0.4, 0.5) is 0 Å². The van der Waals surface area contributed by atoms with Gasteiger partial charge in [-0.1, -0.05) is 11.6 Å². The lowest BCUT2D eigenvalue weighted by Gasteiger charge is -2.07. The number of carbonyl (C=O) groups excluding carboxylic acids is 1. The summed E-state index contributed by atoms with van der Waals surface area (Å²) in [6.07, 6.45) is 0. The molecule has 0 aromatic heterocycles. The summed E-state index contributed by atoms with van der Waals surface area (Å²) in [4.78, 5) is 21.0. The van der Waals surface area contributed by atoms with Crippen molar-refractivity contribution >= 4 is 33.5 Å². The van der Waals surface area contributed by atoms with E-state index in [4.69, 9.17) is 16.7 Å². The van der Waals surface area contributed by atoms with Crippen LogP contribution in [-0.2, 0) is 14.8 Å². The maximum Gasteiger partial charge on any atom is 0.335 e. The SMILES string of the molecule is CC(=O)NS(=O)(=O)c1cc(C(=O)O)ccc1Cl. The van der Waals surface area contributed by atoms with Gasteiger partial charge in [-0.3, -0.25) is 4.79 Å². The van der Waals surface area contributed by atoms with Gasteiger partial charge in [-0.15, -0.1) is 0 Å². The second kappa shape index (κ2) is 4.72. The van der Waals surface area contributed by atoms with Crippen molar-refractivity contribution < 1.29 is 23.1 Å². The van der Waals surface area contributed by atoms with E-state index in [1.807, 2.05) is 0 Å². The minimum absolute atomic E-state index is 0.163. The molecule has 17 heavy (non-hydrogen) atoms. The van der Waals surface area contributed by atoms with Crippen LogP contribution in [0.3, 0.4) is 0 Å². The summed E-state index contributed by atoms with van der Waals surface area (Å²) >= 11 is 5.65. The van der Waals surface area contributed by atoms with Crippen LogP contribution in [0.5, 0.6) is 0 Å². The number of carboxylic acid groups (broad SMARTS) is 1. The zero-order valence-electron chi connectivity index (χ0n) is 8.60. The highest BCUT2D eigenvalue weighted by Crippen LogP contribution is 2.22. The summed E-state index contributed by atoms with van der Waals surface area (Å²) in [6, 6.07) is 3.19. The number of amides is 1. The smallest absolute Gasteiger partial charge is 0.335 e. The fourth-order valence-corrected chi connectivity index (χ4v) is 2.60. The van der Waals surface area contributed by atoms with Gasteiger partial charge in [-0.25, -0.2) is 17.9 Å². The van der Waals surface area contributed by atoms with Crippen LogP contribution < -0.4 is 4.72 Å². The molecule has 2 N–H and O–H groups in total. The fourth-order valence-electron chi connectivity index (χ4n) is 1.09. The predicted molar refractivity (Wildman–Crippen MR) is 59.4 cm³/mol. The standard InChI is InChI=1S/C9H8ClNO5S/c1-5(12)11-17(15,16)8-4-6(9(13)14)2-3-7(8)10/h2-4H,1H3,(H,11,12)(H,13,14). The van der Waals surface area contributed by atoms with E-state index in [1.54, 1.807) is 4.72 Å². The van der Waals surface area contributed by atoms with Crippen LogP contribution in [0.25, 0.3) is 0 Å². The maximum absolute atomic E-state index is 11.6. The van der Waals surface area contributed by atoms with Crippen molar-refractivity contribution in [2.45, 2.75) is 11.8 Å². The lowest BCUT2D eigenvalue weighted by Crippen LogP contribution is -2.28. The Morgan fingerprint density at radius 1 is 1.35 bits per heavy atom. The van der Waals surface area contributed by atoms with Crippen LogP contribution in [0.1, 0.15) is 17.3 Å². The van der Waals surface area contributed by atoms with Gasteiger partial charge in [0.15, 0.2) is 0 Å². The normalized spacial score (nSPS) is 10.9. The van der Waals surface area contributed by atoms with Gasteiger partial charge in [0.25, 0.3) is 10.0 Å². The van der Waals surface area contributed by atoms with Crippen LogP contribution in [0.2, 0.25) is 5.02 Å². The molecule has 0 saturated heterocycles. The lowest BCUT2D eigenvalue weighted by molar-refractivity contribution is -0.117. The van der Waals surface area contributed by atoms with E-state index in [-0.39, 0.29) is 10.6 Å². The Labute approximate surface area is 102 Å². The van der Waals surface area contributed by atoms with Gasteiger partial charge in [0, 0.05) is 6.92 Å². The van der Waals surface area contributed by atoms with Crippen molar-refractivity contribution in [2.24, 2.45) is 0 Å². The first-order chi connectivity index (χ1) is 7.74. The number of hydrogen-bond donors (Lipinski definition) is 2. The molecule has 0 aliphatic carbocycles. The number of hydrogen-bond acceptors (Lipinski definition) is 4. The Hall–Kier alpha value is -1.60. The Morgan fingerprint density at radius 3 is 2.41 bits per heavy atom. The van der Waals surface area contributed by atoms with Crippen molar-refractivity contribution in [2.75, 3.05) is 0 Å². The Bertz CT molecular complexity index is 581. The van der Waals surface area contributed by atoms with E-state index in [1.165, 1.54) is 0 Å². The van der Waals surface area contributed by atoms with Crippen molar-refractivity contribution in [3.8, 4) is 0 Å². The molecule has 1 rings (SSSR count). The van der Waals surface area contributed by atoms with E-state index in [2.05, 4.69) is 0 Å². The molecule has 0 heterocycles. The highest BCUT2D eigenvalue weighted by molar-refractivity contribution is 7.90. The fraction of sp³-hybridized carbons (Fsp3) is 0.111. The molecule has 0 aliphatic rings. The third kappa shape index (κ3) is 3.18. The van der Waals surface area contributed by atoms with Gasteiger partial charge in [0.2, 0.25) is 5.91 Å². The zero-order valence-corrected chi connectivity index (χ0v) is 10.2. The Morgan fingerprint density at radius 2 is 1.94 bits per heavy atom. The number of aromatic carboxylic acids is 1. The largest absolute Gasteiger partial charge is 0.478 e. The number of rotatable bonds is 3. The van der Waals surface area contributed by atoms with Crippen molar-refractivity contribution in [3.05, 3.63) is 28.8 Å². The first-order valence-electron chi connectivity index (χ1n) is 4.30. The molecular formula is C9H8ClNO5S. The molecule has 0 aliphatic heterocycles. The van der Waals surface area contributed by atoms with Gasteiger partial charge in [-0.2, -0.15) is 0 Å². The second-order valence-electron chi connectivity index (χ2n) is 3.11. The summed E-state index contributed by atoms with van der Waals surface area (Å²) in [7, 11) is -4.14. The van der Waals surface area contributed by atoms with E-state index < -0.39 is 26.8 Å². The van der Waals surface area contributed by atoms with E-state index >= 15 is 0 Å². The molecule has 0 radical (unpaired) electrons. The molecule has 6 nitrogen and oxygen atoms in total. The topological polar surface area (TPSA) is 101 Å². The molecule has 1 amide bonds. The summed E-state index contributed by atoms with van der Waals surface area (Å²) in [6.45, 7) is 1.02. The Kier molecular flexibility index (Phi) is 3.74. The summed E-state index contributed by atoms with van der Waals surface area (Å²) in [5, 5.41) is 8.56. The summed E-state index contributed by atoms with van der Waals surface area (Å²) < 4.78 is 25.0. The average molecular weight is 278 g/mol. The number of halogens is 1. The van der Waals surface area contributed by atoms with Crippen molar-refractivity contribution in [1.29, 1.82) is 0 Å². The Balaban J connectivity index is 3.35. The minimum Gasteiger partial charge on any atom is -0.478 e. The number of nitrogens with one attached hydrogen (secondary N) is 1. The number of sulfonamides is 1. The summed E-state index contributed by atoms with van der Waals surface area (Å²) in [5.74, 6) is -2.08. The molecule has 1 aromatic carbocycles. The minimum atomic E-state index is -4.14. The average Bonchev–Trinajstić information content (AvgIpc) is 2.15. The molecule has 1 aromatic rings. The van der Waals surface area contributed by atoms with Crippen LogP contribution in [0.15, 0.2) is 23.1 Å². The van der Waals surface area contributed by atoms with E-state index in [0.717, 1.165) is 25.1 Å². The highest BCUT2D eigenvalue weighted by atomic mass is 35.5. The summed E-state index contributed by atoms with van der Waals surface area (Å²) in [5.41, 5.74) is -0.238. The van der Waals surface area contributed by atoms with Gasteiger partial charge < -0.3 is 5.11 Å². The molecule has 0 fully saturated rings. The third-order valence-corrected chi connectivity index (χ3v) is 3.66. The van der Waals surface area contributed by atoms with E-state index in [9.17, 15) is 18.0 Å². The first kappa shape index (κ1) is 13.5. The predicted octanol–water partition coefficient (Wildman–Crippen LogP) is 0.863. The van der Waals surface area contributed by atoms with Gasteiger partial charge in [-0.05, 0) is 18.2 Å². The third-order valence-electron chi connectivity index (χ3n) is 1.75. The molecule has 0 saturated carbocycles. The number of carboxylic acids is 1. The van der Waals surface area contributed by atoms with Crippen LogP contribution in [-0.4, -0.2) is 25.4 Å². The monoisotopic (exact) mass is 277 g/mol. The first-order valence-corrected chi connectivity index (χ1v) is 6.16. The van der Waals surface area contributed by atoms with Crippen molar-refractivity contribution in [1.82, 2.24) is 4.72 Å². The molecule has 0 atom stereocenters. The quantitative estimate of drug-likeness (QED) is 0.853. The zero-order chi connectivity index (χ0) is 13.2. The molecule has 0 unspecified atom stereocenters. The molecule has 92 valence electrons. The molecular weight excluding hydrogens is 270 g/mol. The molecule has 0 bridgehead atoms. The van der Waals surface area contributed by atoms with Gasteiger partial charge in [0.05, 0.1) is 10.6 Å². The van der Waals surface area contributed by atoms with Crippen LogP contribution in [0, 0.1) is 0 Å². The maximum atomic E-state index is 11.6. The lowest BCUT2D eigenvalue weighted by atomic mass is 10.2. The highest BCUT2D eigenvalue weighted by Gasteiger charge is 2.20. The molecule has 0 spiro atoms. The van der Waals surface area contributed by atoms with Gasteiger partial charge in [0.1, 0.15) is 4.90 Å². The molecule has 8 heteroatoms. The van der Waals surface area contributed by atoms with E-state index in [0.29, 0.717) is 0 Å².